The number of halogens is 2. The lowest BCUT2D eigenvalue weighted by Gasteiger charge is -2.38. The van der Waals surface area contributed by atoms with Gasteiger partial charge in [-0.2, -0.15) is 0 Å². The van der Waals surface area contributed by atoms with E-state index in [4.69, 9.17) is 16.3 Å². The summed E-state index contributed by atoms with van der Waals surface area (Å²) in [4.78, 5) is 24.0. The number of nitrogens with zero attached hydrogens (tertiary/aromatic N) is 5. The van der Waals surface area contributed by atoms with Crippen LogP contribution < -0.4 is 9.80 Å². The van der Waals surface area contributed by atoms with E-state index in [1.165, 1.54) is 17.0 Å². The second kappa shape index (κ2) is 12.2. The van der Waals surface area contributed by atoms with Crippen molar-refractivity contribution in [3.8, 4) is 28.0 Å². The molecule has 2 aliphatic rings. The molecule has 2 aliphatic heterocycles. The summed E-state index contributed by atoms with van der Waals surface area (Å²) in [5, 5.41) is 11.6. The topological polar surface area (TPSA) is 72.4 Å². The number of phenolic OH excluding ortho intramolecular Hbond substituents is 1. The molecule has 3 heterocycles. The lowest BCUT2D eigenvalue weighted by atomic mass is 9.97. The Morgan fingerprint density at radius 1 is 1.05 bits per heavy atom. The molecule has 2 fully saturated rings. The molecule has 0 aliphatic carbocycles. The number of benzene rings is 2. The van der Waals surface area contributed by atoms with E-state index >= 15 is 0 Å². The van der Waals surface area contributed by atoms with E-state index in [0.717, 1.165) is 51.8 Å². The van der Waals surface area contributed by atoms with Crippen LogP contribution in [0.25, 0.3) is 22.3 Å². The Kier molecular flexibility index (Phi) is 8.54. The van der Waals surface area contributed by atoms with Gasteiger partial charge in [0.1, 0.15) is 17.4 Å². The highest BCUT2D eigenvalue weighted by molar-refractivity contribution is 6.34. The molecule has 10 heteroatoms. The number of ether oxygens (including phenoxy) is 1. The van der Waals surface area contributed by atoms with Crippen LogP contribution in [-0.2, 0) is 9.53 Å². The average Bonchev–Trinajstić information content (AvgIpc) is 2.93. The van der Waals surface area contributed by atoms with Crippen molar-refractivity contribution in [2.45, 2.75) is 0 Å². The quantitative estimate of drug-likeness (QED) is 0.378. The van der Waals surface area contributed by atoms with Gasteiger partial charge in [-0.25, -0.2) is 9.37 Å². The molecule has 0 bridgehead atoms. The van der Waals surface area contributed by atoms with E-state index in [9.17, 15) is 14.3 Å². The minimum Gasteiger partial charge on any atom is -0.507 e. The van der Waals surface area contributed by atoms with Crippen LogP contribution in [0.5, 0.6) is 5.75 Å². The molecular weight excluding hydrogens is 533 g/mol. The SMILES string of the molecule is CN(C)/C=C\N(C=O)c1ccc(-c2cc(F)cc(-c3ccnc(N4CCN(CC5COC5)CC4)c3)c2O)cc1Cl. The lowest BCUT2D eigenvalue weighted by Crippen LogP contribution is -2.50. The summed E-state index contributed by atoms with van der Waals surface area (Å²) in [6.07, 6.45) is 5.66. The van der Waals surface area contributed by atoms with Crippen LogP contribution >= 0.6 is 11.6 Å². The maximum Gasteiger partial charge on any atom is 0.218 e. The minimum absolute atomic E-state index is 0.0605. The smallest absolute Gasteiger partial charge is 0.218 e. The first-order chi connectivity index (χ1) is 19.3. The van der Waals surface area contributed by atoms with E-state index in [-0.39, 0.29) is 10.8 Å². The highest BCUT2D eigenvalue weighted by Crippen LogP contribution is 2.41. The molecule has 0 atom stereocenters. The van der Waals surface area contributed by atoms with Gasteiger partial charge in [-0.05, 0) is 47.5 Å². The largest absolute Gasteiger partial charge is 0.507 e. The van der Waals surface area contributed by atoms with Gasteiger partial charge < -0.3 is 19.6 Å². The number of pyridine rings is 1. The number of carbonyl (C=O) groups is 1. The summed E-state index contributed by atoms with van der Waals surface area (Å²) in [5.41, 5.74) is 2.33. The zero-order chi connectivity index (χ0) is 28.2. The zero-order valence-corrected chi connectivity index (χ0v) is 23.4. The summed E-state index contributed by atoms with van der Waals surface area (Å²) in [6.45, 7) is 6.34. The molecule has 2 aromatic carbocycles. The standard InChI is InChI=1S/C30H33ClFN5O3/c1-34(2)7-10-37(20-38)28-4-3-22(13-27(28)31)25-15-24(32)16-26(30(25)39)23-5-6-33-29(14-23)36-11-8-35(9-12-36)17-21-18-40-19-21/h3-7,10,13-16,20-21,39H,8-9,11-12,17-19H2,1-2H3/b10-7-. The van der Waals surface area contributed by atoms with Crippen LogP contribution in [0.4, 0.5) is 15.9 Å². The van der Waals surface area contributed by atoms with Crippen molar-refractivity contribution < 1.29 is 19.0 Å². The Balaban J connectivity index is 1.38. The number of aromatic hydroxyl groups is 1. The third-order valence-electron chi connectivity index (χ3n) is 7.23. The number of hydrogen-bond donors (Lipinski definition) is 1. The van der Waals surface area contributed by atoms with Crippen LogP contribution in [0, 0.1) is 11.7 Å². The molecule has 0 saturated carbocycles. The van der Waals surface area contributed by atoms with Gasteiger partial charge in [-0.3, -0.25) is 14.6 Å². The van der Waals surface area contributed by atoms with E-state index in [1.807, 2.05) is 20.2 Å². The second-order valence-electron chi connectivity index (χ2n) is 10.4. The molecule has 0 radical (unpaired) electrons. The highest BCUT2D eigenvalue weighted by Gasteiger charge is 2.25. The van der Waals surface area contributed by atoms with Gasteiger partial charge in [-0.1, -0.05) is 17.7 Å². The summed E-state index contributed by atoms with van der Waals surface area (Å²) < 4.78 is 20.2. The Hall–Kier alpha value is -3.66. The molecule has 40 heavy (non-hydrogen) atoms. The molecule has 0 spiro atoms. The van der Waals surface area contributed by atoms with E-state index in [2.05, 4.69) is 14.8 Å². The third kappa shape index (κ3) is 6.22. The van der Waals surface area contributed by atoms with Gasteiger partial charge in [0.25, 0.3) is 0 Å². The van der Waals surface area contributed by atoms with Gasteiger partial charge in [0, 0.05) is 82.5 Å². The molecule has 1 amide bonds. The molecule has 2 saturated heterocycles. The first kappa shape index (κ1) is 27.9. The highest BCUT2D eigenvalue weighted by atomic mass is 35.5. The molecule has 0 unspecified atom stereocenters. The number of aromatic nitrogens is 1. The number of piperazine rings is 1. The lowest BCUT2D eigenvalue weighted by molar-refractivity contribution is -0.106. The molecule has 1 aromatic heterocycles. The van der Waals surface area contributed by atoms with Crippen LogP contribution in [0.15, 0.2) is 61.1 Å². The molecule has 8 nitrogen and oxygen atoms in total. The first-order valence-electron chi connectivity index (χ1n) is 13.2. The number of hydrogen-bond acceptors (Lipinski definition) is 7. The molecule has 5 rings (SSSR count). The van der Waals surface area contributed by atoms with Crippen molar-refractivity contribution >= 4 is 29.5 Å². The van der Waals surface area contributed by atoms with E-state index in [1.54, 1.807) is 47.8 Å². The van der Waals surface area contributed by atoms with Gasteiger partial charge in [0.05, 0.1) is 23.9 Å². The number of carbonyl (C=O) groups excluding carboxylic acids is 1. The van der Waals surface area contributed by atoms with Crippen molar-refractivity contribution in [3.05, 3.63) is 71.9 Å². The average molecular weight is 566 g/mol. The van der Waals surface area contributed by atoms with E-state index in [0.29, 0.717) is 40.3 Å². The Bertz CT molecular complexity index is 1390. The van der Waals surface area contributed by atoms with Gasteiger partial charge >= 0.3 is 0 Å². The van der Waals surface area contributed by atoms with Crippen LogP contribution in [0.2, 0.25) is 5.02 Å². The fourth-order valence-electron chi connectivity index (χ4n) is 4.97. The maximum atomic E-state index is 14.9. The van der Waals surface area contributed by atoms with Crippen LogP contribution in [0.1, 0.15) is 0 Å². The summed E-state index contributed by atoms with van der Waals surface area (Å²) >= 11 is 6.53. The Labute approximate surface area is 238 Å². The van der Waals surface area contributed by atoms with Gasteiger partial charge in [-0.15, -0.1) is 0 Å². The number of rotatable bonds is 9. The third-order valence-corrected chi connectivity index (χ3v) is 7.53. The number of phenols is 1. The van der Waals surface area contributed by atoms with E-state index < -0.39 is 5.82 Å². The number of amides is 1. The molecule has 210 valence electrons. The van der Waals surface area contributed by atoms with Crippen LogP contribution in [0.3, 0.4) is 0 Å². The first-order valence-corrected chi connectivity index (χ1v) is 13.6. The van der Waals surface area contributed by atoms with Gasteiger partial charge in [0.2, 0.25) is 6.41 Å². The predicted molar refractivity (Wildman–Crippen MR) is 156 cm³/mol. The molecular formula is C30H33ClFN5O3. The fraction of sp³-hybridized carbons (Fsp3) is 0.333. The summed E-state index contributed by atoms with van der Waals surface area (Å²) in [6, 6.07) is 11.2. The zero-order valence-electron chi connectivity index (χ0n) is 22.6. The molecule has 3 aromatic rings. The van der Waals surface area contributed by atoms with Crippen molar-refractivity contribution in [1.29, 1.82) is 0 Å². The Morgan fingerprint density at radius 2 is 1.75 bits per heavy atom. The maximum absolute atomic E-state index is 14.9. The Morgan fingerprint density at radius 3 is 2.35 bits per heavy atom. The second-order valence-corrected chi connectivity index (χ2v) is 10.8. The van der Waals surface area contributed by atoms with Crippen molar-refractivity contribution in [1.82, 2.24) is 14.8 Å². The molecule has 1 N–H and O–H groups in total. The van der Waals surface area contributed by atoms with Crippen molar-refractivity contribution in [3.63, 3.8) is 0 Å². The summed E-state index contributed by atoms with van der Waals surface area (Å²) in [5.74, 6) is 0.877. The fourth-order valence-corrected chi connectivity index (χ4v) is 5.25. The normalized spacial score (nSPS) is 16.2. The monoisotopic (exact) mass is 565 g/mol. The van der Waals surface area contributed by atoms with Crippen LogP contribution in [-0.4, -0.2) is 86.3 Å². The van der Waals surface area contributed by atoms with Gasteiger partial charge in [0.15, 0.2) is 0 Å². The predicted octanol–water partition coefficient (Wildman–Crippen LogP) is 4.68. The van der Waals surface area contributed by atoms with Crippen molar-refractivity contribution in [2.24, 2.45) is 5.92 Å². The van der Waals surface area contributed by atoms with Crippen molar-refractivity contribution in [2.75, 3.05) is 69.8 Å². The minimum atomic E-state index is -0.488. The number of anilines is 2. The summed E-state index contributed by atoms with van der Waals surface area (Å²) in [7, 11) is 3.68.